The standard InChI is InChI=1S/C20H32Si/c1-21(2,19-13-11-15-7-3-5-9-17(15)19)20-14-12-16-8-4-6-10-18(16)20/h19-20H,3-14H2,1-2H3/t19-,20-/m0/s1. The van der Waals surface area contributed by atoms with Crippen molar-refractivity contribution in [2.45, 2.75) is 101 Å². The second-order valence-electron chi connectivity index (χ2n) is 8.68. The molecule has 2 atom stereocenters. The highest BCUT2D eigenvalue weighted by Gasteiger charge is 2.47. The van der Waals surface area contributed by atoms with Crippen LogP contribution < -0.4 is 0 Å². The third kappa shape index (κ3) is 2.31. The second kappa shape index (κ2) is 5.40. The monoisotopic (exact) mass is 300 g/mol. The summed E-state index contributed by atoms with van der Waals surface area (Å²) < 4.78 is 0. The molecule has 21 heavy (non-hydrogen) atoms. The number of allylic oxidation sites excluding steroid dienone is 4. The largest absolute Gasteiger partial charge is 0.0710 e. The van der Waals surface area contributed by atoms with Crippen LogP contribution >= 0.6 is 0 Å². The van der Waals surface area contributed by atoms with Crippen molar-refractivity contribution in [2.75, 3.05) is 0 Å². The normalized spacial score (nSPS) is 33.4. The van der Waals surface area contributed by atoms with Crippen LogP contribution in [-0.2, 0) is 0 Å². The first-order chi connectivity index (χ1) is 10.2. The van der Waals surface area contributed by atoms with Gasteiger partial charge in [0.25, 0.3) is 0 Å². The van der Waals surface area contributed by atoms with Crippen LogP contribution in [0, 0.1) is 0 Å². The average molecular weight is 301 g/mol. The Morgan fingerprint density at radius 2 is 1.05 bits per heavy atom. The van der Waals surface area contributed by atoms with E-state index in [0.29, 0.717) is 0 Å². The number of rotatable bonds is 2. The molecule has 0 unspecified atom stereocenters. The van der Waals surface area contributed by atoms with E-state index < -0.39 is 8.07 Å². The van der Waals surface area contributed by atoms with E-state index in [2.05, 4.69) is 13.1 Å². The SMILES string of the molecule is C[Si](C)([C@H]1CCC2=C1CCCC2)[C@H]1CCC2=C1CCCC2. The summed E-state index contributed by atoms with van der Waals surface area (Å²) >= 11 is 0. The highest BCUT2D eigenvalue weighted by molar-refractivity contribution is 6.81. The molecule has 1 heteroatoms. The van der Waals surface area contributed by atoms with Crippen molar-refractivity contribution in [3.8, 4) is 0 Å². The van der Waals surface area contributed by atoms with Crippen LogP contribution in [0.2, 0.25) is 24.2 Å². The average Bonchev–Trinajstić information content (AvgIpc) is 3.12. The van der Waals surface area contributed by atoms with Crippen molar-refractivity contribution in [1.29, 1.82) is 0 Å². The Balaban J connectivity index is 1.62. The van der Waals surface area contributed by atoms with E-state index in [1.807, 2.05) is 22.3 Å². The van der Waals surface area contributed by atoms with Gasteiger partial charge in [0.1, 0.15) is 0 Å². The molecule has 4 aliphatic carbocycles. The maximum atomic E-state index is 2.76. The minimum atomic E-state index is -1.17. The minimum absolute atomic E-state index is 1.05. The van der Waals surface area contributed by atoms with Crippen LogP contribution in [0.1, 0.15) is 77.0 Å². The van der Waals surface area contributed by atoms with E-state index in [1.54, 1.807) is 0 Å². The molecule has 0 nitrogen and oxygen atoms in total. The van der Waals surface area contributed by atoms with Crippen molar-refractivity contribution in [3.63, 3.8) is 0 Å². The quantitative estimate of drug-likeness (QED) is 0.390. The first-order valence-corrected chi connectivity index (χ1v) is 12.7. The Kier molecular flexibility index (Phi) is 3.68. The van der Waals surface area contributed by atoms with E-state index in [1.165, 1.54) is 77.0 Å². The van der Waals surface area contributed by atoms with Crippen LogP contribution in [-0.4, -0.2) is 8.07 Å². The van der Waals surface area contributed by atoms with Crippen molar-refractivity contribution in [3.05, 3.63) is 22.3 Å². The van der Waals surface area contributed by atoms with Crippen molar-refractivity contribution in [1.82, 2.24) is 0 Å². The summed E-state index contributed by atoms with van der Waals surface area (Å²) in [5.41, 5.74) is 9.91. The second-order valence-corrected chi connectivity index (χ2v) is 13.7. The highest BCUT2D eigenvalue weighted by Crippen LogP contribution is 2.57. The van der Waals surface area contributed by atoms with Crippen LogP contribution in [0.5, 0.6) is 0 Å². The van der Waals surface area contributed by atoms with Gasteiger partial charge in [-0.2, -0.15) is 0 Å². The third-order valence-corrected chi connectivity index (χ3v) is 12.2. The van der Waals surface area contributed by atoms with Crippen molar-refractivity contribution in [2.24, 2.45) is 0 Å². The molecule has 4 aliphatic rings. The fourth-order valence-corrected chi connectivity index (χ4v) is 11.0. The molecule has 0 radical (unpaired) electrons. The zero-order valence-corrected chi connectivity index (χ0v) is 15.1. The first-order valence-electron chi connectivity index (χ1n) is 9.59. The Morgan fingerprint density at radius 1 is 0.619 bits per heavy atom. The molecule has 0 spiro atoms. The van der Waals surface area contributed by atoms with Gasteiger partial charge in [-0.3, -0.25) is 0 Å². The van der Waals surface area contributed by atoms with Gasteiger partial charge in [0.05, 0.1) is 8.07 Å². The topological polar surface area (TPSA) is 0 Å². The van der Waals surface area contributed by atoms with E-state index in [4.69, 9.17) is 0 Å². The predicted molar refractivity (Wildman–Crippen MR) is 94.4 cm³/mol. The molecule has 0 amide bonds. The zero-order valence-electron chi connectivity index (χ0n) is 14.1. The summed E-state index contributed by atoms with van der Waals surface area (Å²) in [6.45, 7) is 5.52. The van der Waals surface area contributed by atoms with Crippen LogP contribution in [0.25, 0.3) is 0 Å². The fourth-order valence-electron chi connectivity index (χ4n) is 6.27. The smallest absolute Gasteiger partial charge is 0.0619 e. The molecule has 116 valence electrons. The molecule has 0 saturated heterocycles. The molecule has 0 saturated carbocycles. The molecule has 4 rings (SSSR count). The van der Waals surface area contributed by atoms with E-state index in [9.17, 15) is 0 Å². The number of hydrogen-bond acceptors (Lipinski definition) is 0. The van der Waals surface area contributed by atoms with Gasteiger partial charge in [-0.1, -0.05) is 35.4 Å². The van der Waals surface area contributed by atoms with Crippen molar-refractivity contribution < 1.29 is 0 Å². The van der Waals surface area contributed by atoms with Gasteiger partial charge >= 0.3 is 0 Å². The van der Waals surface area contributed by atoms with E-state index in [-0.39, 0.29) is 0 Å². The molecular weight excluding hydrogens is 268 g/mol. The van der Waals surface area contributed by atoms with Gasteiger partial charge in [0, 0.05) is 0 Å². The summed E-state index contributed by atoms with van der Waals surface area (Å²) in [5.74, 6) is 0. The summed E-state index contributed by atoms with van der Waals surface area (Å²) in [7, 11) is -1.17. The Hall–Kier alpha value is -0.303. The summed E-state index contributed by atoms with van der Waals surface area (Å²) in [4.78, 5) is 0. The Labute approximate surface area is 132 Å². The van der Waals surface area contributed by atoms with Crippen LogP contribution in [0.15, 0.2) is 22.3 Å². The molecule has 0 N–H and O–H groups in total. The number of hydrogen-bond donors (Lipinski definition) is 0. The summed E-state index contributed by atoms with van der Waals surface area (Å²) in [6, 6.07) is 0. The predicted octanol–water partition coefficient (Wildman–Crippen LogP) is 6.76. The van der Waals surface area contributed by atoms with Crippen molar-refractivity contribution >= 4 is 8.07 Å². The molecule has 0 aliphatic heterocycles. The lowest BCUT2D eigenvalue weighted by molar-refractivity contribution is 0.661. The molecule has 0 bridgehead atoms. The van der Waals surface area contributed by atoms with Gasteiger partial charge in [-0.15, -0.1) is 0 Å². The van der Waals surface area contributed by atoms with Crippen LogP contribution in [0.4, 0.5) is 0 Å². The minimum Gasteiger partial charge on any atom is -0.0710 e. The van der Waals surface area contributed by atoms with Crippen LogP contribution in [0.3, 0.4) is 0 Å². The van der Waals surface area contributed by atoms with E-state index >= 15 is 0 Å². The summed E-state index contributed by atoms with van der Waals surface area (Å²) in [6.07, 6.45) is 17.8. The third-order valence-electron chi connectivity index (χ3n) is 7.36. The van der Waals surface area contributed by atoms with E-state index in [0.717, 1.165) is 11.1 Å². The van der Waals surface area contributed by atoms with Gasteiger partial charge in [-0.05, 0) is 88.1 Å². The highest BCUT2D eigenvalue weighted by atomic mass is 28.3. The van der Waals surface area contributed by atoms with Gasteiger partial charge in [0.2, 0.25) is 0 Å². The van der Waals surface area contributed by atoms with Gasteiger partial charge in [0.15, 0.2) is 0 Å². The Morgan fingerprint density at radius 3 is 1.52 bits per heavy atom. The van der Waals surface area contributed by atoms with Gasteiger partial charge < -0.3 is 0 Å². The zero-order chi connectivity index (χ0) is 14.4. The first kappa shape index (κ1) is 14.3. The lowest BCUT2D eigenvalue weighted by Gasteiger charge is -2.40. The fraction of sp³-hybridized carbons (Fsp3) is 0.800. The van der Waals surface area contributed by atoms with Gasteiger partial charge in [-0.25, -0.2) is 0 Å². The molecular formula is C20H32Si. The molecule has 0 aromatic carbocycles. The Bertz CT molecular complexity index is 450. The maximum absolute atomic E-state index is 2.76. The lowest BCUT2D eigenvalue weighted by Crippen LogP contribution is -2.38. The maximum Gasteiger partial charge on any atom is 0.0619 e. The molecule has 0 heterocycles. The molecule has 0 aromatic rings. The summed E-state index contributed by atoms with van der Waals surface area (Å²) in [5, 5.41) is 0. The molecule has 0 fully saturated rings. The molecule has 0 aromatic heterocycles. The lowest BCUT2D eigenvalue weighted by atomic mass is 9.94.